The van der Waals surface area contributed by atoms with Crippen molar-refractivity contribution in [3.63, 3.8) is 0 Å². The average Bonchev–Trinajstić information content (AvgIpc) is 2.86. The minimum atomic E-state index is -0.850. The number of carbonyl (C=O) groups excluding carboxylic acids is 1. The zero-order valence-electron chi connectivity index (χ0n) is 11.6. The van der Waals surface area contributed by atoms with E-state index in [1.807, 2.05) is 31.2 Å². The quantitative estimate of drug-likeness (QED) is 0.740. The molecule has 0 saturated heterocycles. The predicted octanol–water partition coefficient (Wildman–Crippen LogP) is 1.81. The summed E-state index contributed by atoms with van der Waals surface area (Å²) >= 11 is 0. The van der Waals surface area contributed by atoms with Crippen molar-refractivity contribution < 1.29 is 14.7 Å². The van der Waals surface area contributed by atoms with Gasteiger partial charge in [0.1, 0.15) is 0 Å². The maximum Gasteiger partial charge on any atom is 0.308 e. The molecule has 5 nitrogen and oxygen atoms in total. The number of nitrogens with one attached hydrogen (secondary N) is 2. The molecule has 20 heavy (non-hydrogen) atoms. The number of amides is 1. The first-order valence-corrected chi connectivity index (χ1v) is 6.96. The molecule has 0 bridgehead atoms. The first-order valence-electron chi connectivity index (χ1n) is 6.96. The molecule has 2 unspecified atom stereocenters. The fourth-order valence-electron chi connectivity index (χ4n) is 2.53. The van der Waals surface area contributed by atoms with E-state index in [0.29, 0.717) is 13.0 Å². The molecule has 1 aliphatic heterocycles. The van der Waals surface area contributed by atoms with Gasteiger partial charge in [0.15, 0.2) is 0 Å². The third-order valence-electron chi connectivity index (χ3n) is 3.66. The number of hydrogen-bond acceptors (Lipinski definition) is 3. The molecule has 2 atom stereocenters. The van der Waals surface area contributed by atoms with E-state index in [1.165, 1.54) is 0 Å². The van der Waals surface area contributed by atoms with Crippen LogP contribution in [0.15, 0.2) is 24.3 Å². The fraction of sp³-hybridized carbons (Fsp3) is 0.467. The van der Waals surface area contributed by atoms with E-state index >= 15 is 0 Å². The number of fused-ring (bicyclic) bond motifs is 1. The van der Waals surface area contributed by atoms with Crippen molar-refractivity contribution in [2.45, 2.75) is 25.7 Å². The van der Waals surface area contributed by atoms with Crippen molar-refractivity contribution in [3.8, 4) is 0 Å². The lowest BCUT2D eigenvalue weighted by atomic mass is 9.99. The Balaban J connectivity index is 1.95. The molecule has 0 saturated carbocycles. The van der Waals surface area contributed by atoms with Crippen LogP contribution >= 0.6 is 0 Å². The Hall–Kier alpha value is -2.04. The standard InChI is InChI=1S/C15H20N2O3/c1-2-5-10(15(19)20)8-17-14(18)12-9-16-13-7-4-3-6-11(12)13/h3-4,6-7,10,12,16H,2,5,8-9H2,1H3,(H,17,18)(H,19,20). The molecule has 1 aliphatic rings. The van der Waals surface area contributed by atoms with Crippen molar-refractivity contribution in [2.75, 3.05) is 18.4 Å². The van der Waals surface area contributed by atoms with Crippen LogP contribution < -0.4 is 10.6 Å². The summed E-state index contributed by atoms with van der Waals surface area (Å²) in [7, 11) is 0. The van der Waals surface area contributed by atoms with Gasteiger partial charge in [-0.05, 0) is 18.1 Å². The lowest BCUT2D eigenvalue weighted by Gasteiger charge is -2.15. The maximum atomic E-state index is 12.2. The number of benzene rings is 1. The van der Waals surface area contributed by atoms with Gasteiger partial charge in [-0.25, -0.2) is 0 Å². The molecule has 0 spiro atoms. The van der Waals surface area contributed by atoms with Gasteiger partial charge < -0.3 is 15.7 Å². The van der Waals surface area contributed by atoms with Crippen molar-refractivity contribution in [1.29, 1.82) is 0 Å². The van der Waals surface area contributed by atoms with Gasteiger partial charge >= 0.3 is 5.97 Å². The van der Waals surface area contributed by atoms with Crippen LogP contribution in [0.5, 0.6) is 0 Å². The number of hydrogen-bond donors (Lipinski definition) is 3. The molecule has 0 radical (unpaired) electrons. The van der Waals surface area contributed by atoms with Gasteiger partial charge in [0.05, 0.1) is 11.8 Å². The Bertz CT molecular complexity index is 502. The van der Waals surface area contributed by atoms with Crippen LogP contribution in [0.2, 0.25) is 0 Å². The van der Waals surface area contributed by atoms with E-state index in [2.05, 4.69) is 10.6 Å². The van der Waals surface area contributed by atoms with Crippen LogP contribution in [-0.2, 0) is 9.59 Å². The number of para-hydroxylation sites is 1. The molecule has 0 aromatic heterocycles. The van der Waals surface area contributed by atoms with Crippen LogP contribution in [-0.4, -0.2) is 30.1 Å². The van der Waals surface area contributed by atoms with Crippen molar-refractivity contribution in [2.24, 2.45) is 5.92 Å². The van der Waals surface area contributed by atoms with Gasteiger partial charge in [0.2, 0.25) is 5.91 Å². The average molecular weight is 276 g/mol. The Morgan fingerprint density at radius 3 is 2.90 bits per heavy atom. The van der Waals surface area contributed by atoms with Crippen LogP contribution in [0.4, 0.5) is 5.69 Å². The second-order valence-corrected chi connectivity index (χ2v) is 5.09. The molecule has 1 amide bonds. The maximum absolute atomic E-state index is 12.2. The number of carboxylic acids is 1. The molecule has 1 heterocycles. The topological polar surface area (TPSA) is 78.4 Å². The summed E-state index contributed by atoms with van der Waals surface area (Å²) in [6.45, 7) is 2.70. The van der Waals surface area contributed by atoms with Crippen molar-refractivity contribution >= 4 is 17.6 Å². The van der Waals surface area contributed by atoms with E-state index in [1.54, 1.807) is 0 Å². The Kier molecular flexibility index (Phi) is 4.61. The first kappa shape index (κ1) is 14.4. The lowest BCUT2D eigenvalue weighted by molar-refractivity contribution is -0.142. The van der Waals surface area contributed by atoms with Crippen LogP contribution in [0.3, 0.4) is 0 Å². The van der Waals surface area contributed by atoms with Crippen molar-refractivity contribution in [1.82, 2.24) is 5.32 Å². The molecule has 1 aromatic carbocycles. The molecular formula is C15H20N2O3. The SMILES string of the molecule is CCCC(CNC(=O)C1CNc2ccccc21)C(=O)O. The van der Waals surface area contributed by atoms with Gasteiger partial charge in [-0.1, -0.05) is 31.5 Å². The third kappa shape index (κ3) is 3.10. The Labute approximate surface area is 118 Å². The van der Waals surface area contributed by atoms with E-state index < -0.39 is 11.9 Å². The highest BCUT2D eigenvalue weighted by Crippen LogP contribution is 2.30. The molecule has 0 fully saturated rings. The predicted molar refractivity (Wildman–Crippen MR) is 76.7 cm³/mol. The number of anilines is 1. The second kappa shape index (κ2) is 6.41. The van der Waals surface area contributed by atoms with E-state index in [9.17, 15) is 9.59 Å². The summed E-state index contributed by atoms with van der Waals surface area (Å²) in [4.78, 5) is 23.3. The third-order valence-corrected chi connectivity index (χ3v) is 3.66. The molecular weight excluding hydrogens is 256 g/mol. The molecule has 2 rings (SSSR count). The monoisotopic (exact) mass is 276 g/mol. The summed E-state index contributed by atoms with van der Waals surface area (Å²) < 4.78 is 0. The van der Waals surface area contributed by atoms with Gasteiger partial charge in [-0.2, -0.15) is 0 Å². The van der Waals surface area contributed by atoms with E-state index in [4.69, 9.17) is 5.11 Å². The molecule has 5 heteroatoms. The fourth-order valence-corrected chi connectivity index (χ4v) is 2.53. The largest absolute Gasteiger partial charge is 0.481 e. The lowest BCUT2D eigenvalue weighted by Crippen LogP contribution is -2.36. The number of aliphatic carboxylic acids is 1. The van der Waals surface area contributed by atoms with Crippen molar-refractivity contribution in [3.05, 3.63) is 29.8 Å². The Morgan fingerprint density at radius 1 is 1.45 bits per heavy atom. The van der Waals surface area contributed by atoms with Gasteiger partial charge in [0, 0.05) is 18.8 Å². The van der Waals surface area contributed by atoms with E-state index in [0.717, 1.165) is 17.7 Å². The number of carboxylic acid groups (broad SMARTS) is 1. The molecule has 3 N–H and O–H groups in total. The molecule has 0 aliphatic carbocycles. The summed E-state index contributed by atoms with van der Waals surface area (Å²) in [6, 6.07) is 7.71. The molecule has 108 valence electrons. The smallest absolute Gasteiger partial charge is 0.308 e. The van der Waals surface area contributed by atoms with E-state index in [-0.39, 0.29) is 18.4 Å². The van der Waals surface area contributed by atoms with Gasteiger partial charge in [-0.3, -0.25) is 9.59 Å². The second-order valence-electron chi connectivity index (χ2n) is 5.09. The zero-order valence-corrected chi connectivity index (χ0v) is 11.6. The van der Waals surface area contributed by atoms with Gasteiger partial charge in [0.25, 0.3) is 0 Å². The summed E-state index contributed by atoms with van der Waals surface area (Å²) in [5.74, 6) is -1.70. The Morgan fingerprint density at radius 2 is 2.20 bits per heavy atom. The minimum absolute atomic E-state index is 0.107. The molecule has 1 aromatic rings. The minimum Gasteiger partial charge on any atom is -0.481 e. The number of rotatable bonds is 6. The summed E-state index contributed by atoms with van der Waals surface area (Å²) in [5.41, 5.74) is 1.96. The highest BCUT2D eigenvalue weighted by molar-refractivity contribution is 5.88. The van der Waals surface area contributed by atoms with Crippen LogP contribution in [0.25, 0.3) is 0 Å². The normalized spacial score (nSPS) is 17.9. The summed E-state index contributed by atoms with van der Waals surface area (Å²) in [6.07, 6.45) is 1.37. The number of carbonyl (C=O) groups is 2. The van der Waals surface area contributed by atoms with Gasteiger partial charge in [-0.15, -0.1) is 0 Å². The highest BCUT2D eigenvalue weighted by Gasteiger charge is 2.28. The first-order chi connectivity index (χ1) is 9.63. The van der Waals surface area contributed by atoms with Crippen LogP contribution in [0, 0.1) is 5.92 Å². The summed E-state index contributed by atoms with van der Waals surface area (Å²) in [5, 5.41) is 15.0. The zero-order chi connectivity index (χ0) is 14.5. The highest BCUT2D eigenvalue weighted by atomic mass is 16.4. The van der Waals surface area contributed by atoms with Crippen LogP contribution in [0.1, 0.15) is 31.2 Å².